The predicted molar refractivity (Wildman–Crippen MR) is 79.2 cm³/mol. The molecule has 6 heteroatoms. The summed E-state index contributed by atoms with van der Waals surface area (Å²) in [6.45, 7) is 0.650. The van der Waals surface area contributed by atoms with Crippen molar-refractivity contribution < 1.29 is 4.79 Å². The van der Waals surface area contributed by atoms with Crippen molar-refractivity contribution in [1.29, 1.82) is 0 Å². The van der Waals surface area contributed by atoms with Crippen LogP contribution in [0.4, 0.5) is 0 Å². The lowest BCUT2D eigenvalue weighted by molar-refractivity contribution is 0.0796. The van der Waals surface area contributed by atoms with Gasteiger partial charge in [0.25, 0.3) is 5.91 Å². The van der Waals surface area contributed by atoms with E-state index in [1.165, 1.54) is 17.0 Å². The van der Waals surface area contributed by atoms with Crippen LogP contribution in [0.25, 0.3) is 0 Å². The standard InChI is InChI=1S/C13H12Cl2N2OS/c1-17(5-4-10-3-2-6-19-10)13(18)9-7-11(14)16-12(15)8-9/h2-3,6-8H,4-5H2,1H3. The summed E-state index contributed by atoms with van der Waals surface area (Å²) in [5.74, 6) is -0.109. The van der Waals surface area contributed by atoms with E-state index in [1.807, 2.05) is 11.4 Å². The Labute approximate surface area is 125 Å². The normalized spacial score (nSPS) is 10.5. The summed E-state index contributed by atoms with van der Waals surface area (Å²) in [5, 5.41) is 2.48. The van der Waals surface area contributed by atoms with Crippen LogP contribution in [0.15, 0.2) is 29.6 Å². The van der Waals surface area contributed by atoms with Crippen LogP contribution in [0.5, 0.6) is 0 Å². The van der Waals surface area contributed by atoms with Gasteiger partial charge in [-0.1, -0.05) is 29.3 Å². The molecule has 0 aromatic carbocycles. The highest BCUT2D eigenvalue weighted by molar-refractivity contribution is 7.09. The monoisotopic (exact) mass is 314 g/mol. The number of aromatic nitrogens is 1. The van der Waals surface area contributed by atoms with Crippen molar-refractivity contribution in [2.75, 3.05) is 13.6 Å². The molecule has 0 aliphatic carbocycles. The number of amides is 1. The van der Waals surface area contributed by atoms with Crippen LogP contribution in [0, 0.1) is 0 Å². The molecule has 0 saturated heterocycles. The molecule has 0 aliphatic heterocycles. The summed E-state index contributed by atoms with van der Waals surface area (Å²) in [5.41, 5.74) is 0.457. The van der Waals surface area contributed by atoms with Gasteiger partial charge in [0.05, 0.1) is 0 Å². The summed E-state index contributed by atoms with van der Waals surface area (Å²) in [6.07, 6.45) is 0.840. The molecule has 0 atom stereocenters. The highest BCUT2D eigenvalue weighted by Gasteiger charge is 2.13. The first-order valence-electron chi connectivity index (χ1n) is 5.67. The molecule has 0 saturated carbocycles. The van der Waals surface area contributed by atoms with Gasteiger partial charge in [-0.2, -0.15) is 0 Å². The molecule has 0 N–H and O–H groups in total. The van der Waals surface area contributed by atoms with Gasteiger partial charge in [-0.05, 0) is 30.0 Å². The molecule has 2 heterocycles. The Kier molecular flexibility index (Phi) is 4.80. The van der Waals surface area contributed by atoms with E-state index in [2.05, 4.69) is 11.1 Å². The van der Waals surface area contributed by atoms with Gasteiger partial charge in [0.2, 0.25) is 0 Å². The minimum Gasteiger partial charge on any atom is -0.341 e. The van der Waals surface area contributed by atoms with Crippen LogP contribution in [0.2, 0.25) is 10.3 Å². The number of hydrogen-bond acceptors (Lipinski definition) is 3. The summed E-state index contributed by atoms with van der Waals surface area (Å²) in [4.78, 5) is 18.9. The summed E-state index contributed by atoms with van der Waals surface area (Å²) < 4.78 is 0. The second-order valence-electron chi connectivity index (χ2n) is 4.06. The maximum Gasteiger partial charge on any atom is 0.253 e. The van der Waals surface area contributed by atoms with Crippen LogP contribution in [-0.4, -0.2) is 29.4 Å². The molecule has 1 amide bonds. The first-order valence-corrected chi connectivity index (χ1v) is 7.31. The molecule has 0 fully saturated rings. The molecular weight excluding hydrogens is 303 g/mol. The SMILES string of the molecule is CN(CCc1cccs1)C(=O)c1cc(Cl)nc(Cl)c1. The molecule has 0 spiro atoms. The van der Waals surface area contributed by atoms with E-state index in [0.717, 1.165) is 6.42 Å². The van der Waals surface area contributed by atoms with E-state index in [1.54, 1.807) is 23.3 Å². The summed E-state index contributed by atoms with van der Waals surface area (Å²) in [6, 6.07) is 7.11. The molecule has 100 valence electrons. The average Bonchev–Trinajstić information content (AvgIpc) is 2.87. The van der Waals surface area contributed by atoms with Gasteiger partial charge in [0.1, 0.15) is 10.3 Å². The van der Waals surface area contributed by atoms with Gasteiger partial charge in [0.15, 0.2) is 0 Å². The zero-order valence-corrected chi connectivity index (χ0v) is 12.6. The molecule has 0 unspecified atom stereocenters. The maximum atomic E-state index is 12.2. The third kappa shape index (κ3) is 3.93. The molecular formula is C13H12Cl2N2OS. The van der Waals surface area contributed by atoms with Crippen molar-refractivity contribution in [3.63, 3.8) is 0 Å². The lowest BCUT2D eigenvalue weighted by atomic mass is 10.2. The van der Waals surface area contributed by atoms with Crippen molar-refractivity contribution in [2.45, 2.75) is 6.42 Å². The van der Waals surface area contributed by atoms with Gasteiger partial charge < -0.3 is 4.90 Å². The van der Waals surface area contributed by atoms with E-state index in [0.29, 0.717) is 12.1 Å². The fourth-order valence-electron chi connectivity index (χ4n) is 1.64. The second-order valence-corrected chi connectivity index (χ2v) is 5.86. The number of nitrogens with zero attached hydrogens (tertiary/aromatic N) is 2. The van der Waals surface area contributed by atoms with Gasteiger partial charge in [-0.25, -0.2) is 4.98 Å². The lowest BCUT2D eigenvalue weighted by Gasteiger charge is -2.16. The van der Waals surface area contributed by atoms with Crippen LogP contribution in [-0.2, 0) is 6.42 Å². The molecule has 2 aromatic rings. The van der Waals surface area contributed by atoms with Crippen LogP contribution >= 0.6 is 34.5 Å². The van der Waals surface area contributed by atoms with Crippen LogP contribution in [0.1, 0.15) is 15.2 Å². The molecule has 0 bridgehead atoms. The fraction of sp³-hybridized carbons (Fsp3) is 0.231. The Morgan fingerprint density at radius 2 is 2.05 bits per heavy atom. The smallest absolute Gasteiger partial charge is 0.253 e. The van der Waals surface area contributed by atoms with E-state index in [-0.39, 0.29) is 16.2 Å². The van der Waals surface area contributed by atoms with Gasteiger partial charge >= 0.3 is 0 Å². The number of carbonyl (C=O) groups excluding carboxylic acids is 1. The van der Waals surface area contributed by atoms with Crippen LogP contribution in [0.3, 0.4) is 0 Å². The number of likely N-dealkylation sites (N-methyl/N-ethyl adjacent to an activating group) is 1. The lowest BCUT2D eigenvalue weighted by Crippen LogP contribution is -2.28. The van der Waals surface area contributed by atoms with E-state index < -0.39 is 0 Å². The van der Waals surface area contributed by atoms with Gasteiger partial charge in [-0.15, -0.1) is 11.3 Å². The second kappa shape index (κ2) is 6.37. The van der Waals surface area contributed by atoms with Crippen molar-refractivity contribution in [1.82, 2.24) is 9.88 Å². The number of thiophene rings is 1. The van der Waals surface area contributed by atoms with Crippen molar-refractivity contribution >= 4 is 40.4 Å². The molecule has 0 aliphatic rings. The predicted octanol–water partition coefficient (Wildman–Crippen LogP) is 3.76. The van der Waals surface area contributed by atoms with Gasteiger partial charge in [0, 0.05) is 24.0 Å². The highest BCUT2D eigenvalue weighted by atomic mass is 35.5. The zero-order valence-electron chi connectivity index (χ0n) is 10.3. The Morgan fingerprint density at radius 3 is 2.63 bits per heavy atom. The zero-order chi connectivity index (χ0) is 13.8. The third-order valence-corrected chi connectivity index (χ3v) is 3.95. The average molecular weight is 315 g/mol. The van der Waals surface area contributed by atoms with Crippen molar-refractivity contribution in [3.05, 3.63) is 50.4 Å². The summed E-state index contributed by atoms with van der Waals surface area (Å²) >= 11 is 13.3. The molecule has 2 rings (SSSR count). The number of halogens is 2. The first-order chi connectivity index (χ1) is 9.06. The first kappa shape index (κ1) is 14.3. The number of carbonyl (C=O) groups is 1. The quantitative estimate of drug-likeness (QED) is 0.805. The van der Waals surface area contributed by atoms with Crippen molar-refractivity contribution in [3.8, 4) is 0 Å². The highest BCUT2D eigenvalue weighted by Crippen LogP contribution is 2.16. The van der Waals surface area contributed by atoms with Gasteiger partial charge in [-0.3, -0.25) is 4.79 Å². The Bertz CT molecular complexity index is 552. The third-order valence-electron chi connectivity index (χ3n) is 2.63. The molecule has 2 aromatic heterocycles. The number of rotatable bonds is 4. The molecule has 19 heavy (non-hydrogen) atoms. The Morgan fingerprint density at radius 1 is 1.37 bits per heavy atom. The molecule has 0 radical (unpaired) electrons. The van der Waals surface area contributed by atoms with E-state index in [4.69, 9.17) is 23.2 Å². The minimum atomic E-state index is -0.109. The van der Waals surface area contributed by atoms with E-state index >= 15 is 0 Å². The largest absolute Gasteiger partial charge is 0.341 e. The number of hydrogen-bond donors (Lipinski definition) is 0. The fourth-order valence-corrected chi connectivity index (χ4v) is 2.80. The van der Waals surface area contributed by atoms with Crippen molar-refractivity contribution in [2.24, 2.45) is 0 Å². The Balaban J connectivity index is 2.02. The maximum absolute atomic E-state index is 12.2. The summed E-state index contributed by atoms with van der Waals surface area (Å²) in [7, 11) is 1.76. The topological polar surface area (TPSA) is 33.2 Å². The Hall–Kier alpha value is -1.10. The minimum absolute atomic E-state index is 0.109. The van der Waals surface area contributed by atoms with Crippen LogP contribution < -0.4 is 0 Å². The molecule has 3 nitrogen and oxygen atoms in total. The van der Waals surface area contributed by atoms with E-state index in [9.17, 15) is 4.79 Å². The number of pyridine rings is 1.